The molecule has 0 fully saturated rings. The van der Waals surface area contributed by atoms with Gasteiger partial charge in [-0.3, -0.25) is 14.4 Å². The third kappa shape index (κ3) is 4.18. The summed E-state index contributed by atoms with van der Waals surface area (Å²) in [6, 6.07) is 0. The molecule has 43 heavy (non-hydrogen) atoms. The van der Waals surface area contributed by atoms with Crippen LogP contribution in [-0.4, -0.2) is 47.9 Å². The van der Waals surface area contributed by atoms with Crippen LogP contribution in [0.1, 0.15) is 85.4 Å². The molecule has 9 heteroatoms. The molecule has 9 nitrogen and oxygen atoms in total. The van der Waals surface area contributed by atoms with Gasteiger partial charge in [0.15, 0.2) is 5.78 Å². The lowest BCUT2D eigenvalue weighted by Crippen LogP contribution is -2.24. The van der Waals surface area contributed by atoms with Crippen LogP contribution in [0.2, 0.25) is 0 Å². The Hall–Kier alpha value is -5.05. The molecule has 1 aliphatic carbocycles. The maximum atomic E-state index is 13.8. The fourth-order valence-corrected chi connectivity index (χ4v) is 6.77. The highest BCUT2D eigenvalue weighted by molar-refractivity contribution is 6.20. The van der Waals surface area contributed by atoms with E-state index in [9.17, 15) is 24.6 Å². The van der Waals surface area contributed by atoms with E-state index in [1.54, 1.807) is 0 Å². The Labute approximate surface area is 247 Å². The molecule has 8 bridgehead atoms. The average molecular weight is 579 g/mol. The van der Waals surface area contributed by atoms with Gasteiger partial charge in [0.1, 0.15) is 5.92 Å². The van der Waals surface area contributed by atoms with Crippen LogP contribution in [0.15, 0.2) is 6.58 Å². The van der Waals surface area contributed by atoms with Gasteiger partial charge in [-0.1, -0.05) is 19.6 Å². The number of aromatic amines is 4. The molecule has 4 aromatic rings. The Balaban J connectivity index is 1.82. The number of carbonyl (C=O) groups is 3. The quantitative estimate of drug-likeness (QED) is 0.194. The largest absolute Gasteiger partial charge is 0.481 e. The number of H-pyrrole nitrogens is 4. The minimum atomic E-state index is -1.42. The van der Waals surface area contributed by atoms with E-state index in [1.807, 2.05) is 39.0 Å². The predicted octanol–water partition coefficient (Wildman–Crippen LogP) is 2.35. The second kappa shape index (κ2) is 10.0. The second-order valence-corrected chi connectivity index (χ2v) is 11.4. The highest BCUT2D eigenvalue weighted by Gasteiger charge is 2.42. The van der Waals surface area contributed by atoms with Crippen molar-refractivity contribution in [3.05, 3.63) is 95.3 Å². The molecule has 0 aromatic carbocycles. The molecule has 0 radical (unpaired) electrons. The minimum absolute atomic E-state index is 0.144. The van der Waals surface area contributed by atoms with Crippen molar-refractivity contribution in [2.24, 2.45) is 5.92 Å². The molecule has 4 aromatic heterocycles. The number of aliphatic carboxylic acids is 2. The number of Topliss-reactive ketones (excluding diaryl/α,β-unsaturated/α-hetero) is 1. The van der Waals surface area contributed by atoms with E-state index < -0.39 is 23.6 Å². The van der Waals surface area contributed by atoms with Gasteiger partial charge in [-0.05, 0) is 92.1 Å². The van der Waals surface area contributed by atoms with Crippen LogP contribution in [-0.2, 0) is 22.4 Å². The fraction of sp³-hybridized carbons (Fsp3) is 0.265. The van der Waals surface area contributed by atoms with Crippen molar-refractivity contribution in [3.8, 4) is 0 Å². The van der Waals surface area contributed by atoms with Gasteiger partial charge < -0.3 is 30.1 Å². The predicted molar refractivity (Wildman–Crippen MR) is 165 cm³/mol. The van der Waals surface area contributed by atoms with E-state index in [1.165, 1.54) is 0 Å². The van der Waals surface area contributed by atoms with Crippen molar-refractivity contribution in [3.63, 3.8) is 0 Å². The SMILES string of the molecule is C=Cc1c(C)c2[nH]c1=Cc1[nH]c(c(CC)c1C)C=c1[nH]c3c(c1C)C(=O)C(C(=O)O)C=3c1[nH]c(c(C)c1CCC(=O)O)C=2. The summed E-state index contributed by atoms with van der Waals surface area (Å²) < 4.78 is 0. The lowest BCUT2D eigenvalue weighted by Gasteiger charge is -2.11. The summed E-state index contributed by atoms with van der Waals surface area (Å²) in [7, 11) is 0. The van der Waals surface area contributed by atoms with Crippen LogP contribution in [0.5, 0.6) is 0 Å². The summed E-state index contributed by atoms with van der Waals surface area (Å²) in [5.41, 5.74) is 10.0. The number of rotatable bonds is 6. The van der Waals surface area contributed by atoms with Crippen molar-refractivity contribution in [2.45, 2.75) is 53.9 Å². The van der Waals surface area contributed by atoms with Crippen molar-refractivity contribution >= 4 is 47.6 Å². The van der Waals surface area contributed by atoms with Gasteiger partial charge in [0, 0.05) is 61.9 Å². The van der Waals surface area contributed by atoms with E-state index in [4.69, 9.17) is 0 Å². The first-order valence-corrected chi connectivity index (χ1v) is 14.4. The first kappa shape index (κ1) is 28.1. The number of hydrogen-bond acceptors (Lipinski definition) is 3. The first-order valence-electron chi connectivity index (χ1n) is 14.4. The Morgan fingerprint density at radius 2 is 1.47 bits per heavy atom. The summed E-state index contributed by atoms with van der Waals surface area (Å²) in [5, 5.41) is 22.7. The molecular weight excluding hydrogens is 544 g/mol. The van der Waals surface area contributed by atoms with Crippen LogP contribution in [0, 0.1) is 33.6 Å². The van der Waals surface area contributed by atoms with Crippen LogP contribution in [0.25, 0.3) is 29.9 Å². The van der Waals surface area contributed by atoms with Gasteiger partial charge >= 0.3 is 11.9 Å². The molecule has 1 unspecified atom stereocenters. The maximum absolute atomic E-state index is 13.8. The van der Waals surface area contributed by atoms with Crippen LogP contribution in [0.3, 0.4) is 0 Å². The zero-order chi connectivity index (χ0) is 30.9. The number of aromatic nitrogens is 4. The monoisotopic (exact) mass is 578 g/mol. The van der Waals surface area contributed by atoms with Gasteiger partial charge in [0.25, 0.3) is 0 Å². The van der Waals surface area contributed by atoms with Crippen LogP contribution < -0.4 is 21.4 Å². The topological polar surface area (TPSA) is 155 Å². The molecule has 5 heterocycles. The standard InChI is InChI=1S/C34H34N4O5/c1-7-18-14(3)21-11-23-16(5)20(9-10-27(39)40)31(37-23)29-30(34(42)43)33(41)28-17(6)24(38-32(28)29)13-26-19(8-2)15(4)22(36-26)12-25(18)35-21/h7,11-13,30,35-38H,1,8-10H2,2-6H3,(H,39,40)(H,42,43). The van der Waals surface area contributed by atoms with Crippen molar-refractivity contribution in [2.75, 3.05) is 0 Å². The van der Waals surface area contributed by atoms with E-state index in [0.29, 0.717) is 44.3 Å². The maximum Gasteiger partial charge on any atom is 0.319 e. The molecule has 1 aliphatic heterocycles. The molecular formula is C34H34N4O5. The minimum Gasteiger partial charge on any atom is -0.481 e. The summed E-state index contributed by atoms with van der Waals surface area (Å²) in [6.45, 7) is 14.0. The highest BCUT2D eigenvalue weighted by atomic mass is 16.4. The van der Waals surface area contributed by atoms with Gasteiger partial charge in [-0.25, -0.2) is 0 Å². The number of hydrogen-bond donors (Lipinski definition) is 6. The Bertz CT molecular complexity index is 2160. The normalized spacial score (nSPS) is 15.2. The molecule has 6 rings (SSSR count). The summed E-state index contributed by atoms with van der Waals surface area (Å²) >= 11 is 0. The number of carboxylic acids is 2. The zero-order valence-corrected chi connectivity index (χ0v) is 24.8. The Morgan fingerprint density at radius 1 is 0.837 bits per heavy atom. The van der Waals surface area contributed by atoms with Crippen molar-refractivity contribution < 1.29 is 24.6 Å². The molecule has 1 atom stereocenters. The van der Waals surface area contributed by atoms with E-state index in [0.717, 1.165) is 56.3 Å². The molecule has 2 aliphatic rings. The third-order valence-corrected chi connectivity index (χ3v) is 9.12. The van der Waals surface area contributed by atoms with Gasteiger partial charge in [-0.15, -0.1) is 0 Å². The third-order valence-electron chi connectivity index (χ3n) is 9.12. The van der Waals surface area contributed by atoms with E-state index in [2.05, 4.69) is 46.4 Å². The number of ketones is 1. The highest BCUT2D eigenvalue weighted by Crippen LogP contribution is 2.34. The lowest BCUT2D eigenvalue weighted by molar-refractivity contribution is -0.138. The average Bonchev–Trinajstić information content (AvgIpc) is 3.68. The molecule has 0 saturated heterocycles. The number of carboxylic acid groups (broad SMARTS) is 2. The summed E-state index contributed by atoms with van der Waals surface area (Å²) in [5.74, 6) is -4.12. The van der Waals surface area contributed by atoms with E-state index in [-0.39, 0.29) is 12.8 Å². The van der Waals surface area contributed by atoms with Crippen LogP contribution >= 0.6 is 0 Å². The van der Waals surface area contributed by atoms with Crippen molar-refractivity contribution in [1.82, 2.24) is 19.9 Å². The van der Waals surface area contributed by atoms with Crippen LogP contribution in [0.4, 0.5) is 0 Å². The first-order chi connectivity index (χ1) is 20.5. The Morgan fingerprint density at radius 3 is 2.12 bits per heavy atom. The summed E-state index contributed by atoms with van der Waals surface area (Å²) in [6.07, 6.45) is 8.65. The van der Waals surface area contributed by atoms with Gasteiger partial charge in [0.05, 0.1) is 5.35 Å². The van der Waals surface area contributed by atoms with Gasteiger partial charge in [-0.2, -0.15) is 0 Å². The number of nitrogens with one attached hydrogen (secondary N) is 4. The molecule has 220 valence electrons. The zero-order valence-electron chi connectivity index (χ0n) is 24.8. The smallest absolute Gasteiger partial charge is 0.319 e. The van der Waals surface area contributed by atoms with Crippen molar-refractivity contribution in [1.29, 1.82) is 0 Å². The number of carbonyl (C=O) groups excluding carboxylic acids is 1. The Kier molecular flexibility index (Phi) is 6.56. The van der Waals surface area contributed by atoms with E-state index >= 15 is 0 Å². The summed E-state index contributed by atoms with van der Waals surface area (Å²) in [4.78, 5) is 51.9. The molecule has 0 saturated carbocycles. The molecule has 6 N–H and O–H groups in total. The lowest BCUT2D eigenvalue weighted by atomic mass is 9.92. The second-order valence-electron chi connectivity index (χ2n) is 11.4. The fourth-order valence-electron chi connectivity index (χ4n) is 6.77. The number of fused-ring (bicyclic) bond motifs is 8. The van der Waals surface area contributed by atoms with Gasteiger partial charge in [0.2, 0.25) is 0 Å². The molecule has 0 amide bonds. The molecule has 0 spiro atoms.